The van der Waals surface area contributed by atoms with Crippen LogP contribution < -0.4 is 5.43 Å². The molecule has 0 saturated carbocycles. The van der Waals surface area contributed by atoms with Gasteiger partial charge >= 0.3 is 0 Å². The molecule has 0 aliphatic heterocycles. The fraction of sp³-hybridized carbons (Fsp3) is 0.0455. The molecule has 4 nitrogen and oxygen atoms in total. The second-order valence-corrected chi connectivity index (χ2v) is 9.35. The van der Waals surface area contributed by atoms with Crippen LogP contribution >= 0.6 is 23.2 Å². The largest absolute Gasteiger partial charge is 0.455 e. The summed E-state index contributed by atoms with van der Waals surface area (Å²) in [6.45, 7) is 0. The van der Waals surface area contributed by atoms with E-state index in [1.807, 2.05) is 0 Å². The van der Waals surface area contributed by atoms with Crippen molar-refractivity contribution in [3.8, 4) is 22.5 Å². The number of halogens is 2. The van der Waals surface area contributed by atoms with Crippen LogP contribution in [0.25, 0.3) is 33.4 Å². The van der Waals surface area contributed by atoms with Crippen molar-refractivity contribution in [3.63, 3.8) is 0 Å². The molecule has 0 fully saturated rings. The number of hydrogen-bond donors (Lipinski definition) is 0. The molecule has 0 bridgehead atoms. The van der Waals surface area contributed by atoms with Gasteiger partial charge in [0.1, 0.15) is 11.3 Å². The zero-order chi connectivity index (χ0) is 20.8. The number of benzene rings is 3. The number of para-hydroxylation sites is 1. The van der Waals surface area contributed by atoms with Gasteiger partial charge in [-0.15, -0.1) is 0 Å². The molecular formula is C22H14Cl2O4S. The van der Waals surface area contributed by atoms with E-state index >= 15 is 0 Å². The standard InChI is InChI=1S/C22H14Cl2O4S/c1-29(26,27)14-11-9-13(10-12-14)22-20(19-16(23)6-4-7-17(19)24)21(25)15-5-2-3-8-18(15)28-22/h2-12H,1H3. The molecule has 3 aromatic carbocycles. The van der Waals surface area contributed by atoms with Crippen molar-refractivity contribution in [2.75, 3.05) is 6.26 Å². The van der Waals surface area contributed by atoms with Crippen molar-refractivity contribution in [3.05, 3.63) is 87.0 Å². The van der Waals surface area contributed by atoms with Crippen LogP contribution in [0, 0.1) is 0 Å². The summed E-state index contributed by atoms with van der Waals surface area (Å²) in [5.41, 5.74) is 1.27. The third-order valence-electron chi connectivity index (χ3n) is 4.56. The topological polar surface area (TPSA) is 64.3 Å². The summed E-state index contributed by atoms with van der Waals surface area (Å²) in [4.78, 5) is 13.5. The second kappa shape index (κ2) is 7.34. The van der Waals surface area contributed by atoms with Crippen LogP contribution in [0.3, 0.4) is 0 Å². The van der Waals surface area contributed by atoms with Crippen molar-refractivity contribution in [1.82, 2.24) is 0 Å². The maximum atomic E-state index is 13.4. The van der Waals surface area contributed by atoms with E-state index in [0.29, 0.717) is 32.1 Å². The van der Waals surface area contributed by atoms with E-state index in [0.717, 1.165) is 6.26 Å². The minimum atomic E-state index is -3.35. The first kappa shape index (κ1) is 19.7. The van der Waals surface area contributed by atoms with Crippen LogP contribution in [0.5, 0.6) is 0 Å². The molecule has 146 valence electrons. The predicted molar refractivity (Wildman–Crippen MR) is 116 cm³/mol. The lowest BCUT2D eigenvalue weighted by atomic mass is 9.98. The van der Waals surface area contributed by atoms with Crippen molar-refractivity contribution in [2.45, 2.75) is 4.90 Å². The third kappa shape index (κ3) is 3.57. The Bertz CT molecular complexity index is 1390. The van der Waals surface area contributed by atoms with Gasteiger partial charge in [0, 0.05) is 17.4 Å². The van der Waals surface area contributed by atoms with Gasteiger partial charge in [0.05, 0.1) is 25.9 Å². The van der Waals surface area contributed by atoms with E-state index in [4.69, 9.17) is 27.6 Å². The minimum Gasteiger partial charge on any atom is -0.455 e. The Hall–Kier alpha value is -2.60. The van der Waals surface area contributed by atoms with Crippen molar-refractivity contribution < 1.29 is 12.8 Å². The van der Waals surface area contributed by atoms with Crippen LogP contribution in [-0.2, 0) is 9.84 Å². The first-order chi connectivity index (χ1) is 13.8. The maximum Gasteiger partial charge on any atom is 0.201 e. The quantitative estimate of drug-likeness (QED) is 0.398. The summed E-state index contributed by atoms with van der Waals surface area (Å²) in [5.74, 6) is 0.267. The van der Waals surface area contributed by atoms with E-state index in [2.05, 4.69) is 0 Å². The highest BCUT2D eigenvalue weighted by molar-refractivity contribution is 7.90. The fourth-order valence-electron chi connectivity index (χ4n) is 3.16. The van der Waals surface area contributed by atoms with E-state index in [1.165, 1.54) is 12.1 Å². The molecule has 0 aliphatic carbocycles. The number of sulfone groups is 1. The van der Waals surface area contributed by atoms with Gasteiger partial charge in [-0.05, 0) is 48.5 Å². The highest BCUT2D eigenvalue weighted by Gasteiger charge is 2.22. The molecule has 0 unspecified atom stereocenters. The summed E-state index contributed by atoms with van der Waals surface area (Å²) in [6.07, 6.45) is 1.13. The molecule has 0 radical (unpaired) electrons. The van der Waals surface area contributed by atoms with Gasteiger partial charge in [-0.2, -0.15) is 0 Å². The molecule has 0 atom stereocenters. The van der Waals surface area contributed by atoms with Gasteiger partial charge in [0.2, 0.25) is 5.43 Å². The van der Waals surface area contributed by atoms with E-state index < -0.39 is 9.84 Å². The lowest BCUT2D eigenvalue weighted by molar-refractivity contribution is 0.601. The predicted octanol–water partition coefficient (Wildman–Crippen LogP) is 5.84. The molecule has 0 saturated heterocycles. The molecule has 1 heterocycles. The van der Waals surface area contributed by atoms with E-state index in [1.54, 1.807) is 54.6 Å². The Morgan fingerprint density at radius 2 is 1.41 bits per heavy atom. The van der Waals surface area contributed by atoms with Gasteiger partial charge in [-0.25, -0.2) is 8.42 Å². The summed E-state index contributed by atoms with van der Waals surface area (Å²) in [7, 11) is -3.35. The fourth-order valence-corrected chi connectivity index (χ4v) is 4.38. The van der Waals surface area contributed by atoms with Crippen LogP contribution in [0.4, 0.5) is 0 Å². The molecule has 4 rings (SSSR count). The van der Waals surface area contributed by atoms with E-state index in [9.17, 15) is 13.2 Å². The molecule has 29 heavy (non-hydrogen) atoms. The lowest BCUT2D eigenvalue weighted by Gasteiger charge is -2.13. The van der Waals surface area contributed by atoms with Crippen LogP contribution in [0.2, 0.25) is 10.0 Å². The van der Waals surface area contributed by atoms with Crippen LogP contribution in [0.15, 0.2) is 80.8 Å². The molecule has 7 heteroatoms. The highest BCUT2D eigenvalue weighted by Crippen LogP contribution is 2.39. The molecule has 1 aromatic heterocycles. The molecular weight excluding hydrogens is 431 g/mol. The average Bonchev–Trinajstić information content (AvgIpc) is 2.69. The zero-order valence-corrected chi connectivity index (χ0v) is 17.5. The van der Waals surface area contributed by atoms with Gasteiger partial charge in [0.15, 0.2) is 9.84 Å². The van der Waals surface area contributed by atoms with Crippen LogP contribution in [0.1, 0.15) is 0 Å². The normalized spacial score (nSPS) is 11.7. The molecule has 0 N–H and O–H groups in total. The van der Waals surface area contributed by atoms with Crippen molar-refractivity contribution in [1.29, 1.82) is 0 Å². The smallest absolute Gasteiger partial charge is 0.201 e. The SMILES string of the molecule is CS(=O)(=O)c1ccc(-c2oc3ccccc3c(=O)c2-c2c(Cl)cccc2Cl)cc1. The average molecular weight is 445 g/mol. The maximum absolute atomic E-state index is 13.4. The Morgan fingerprint density at radius 3 is 2.03 bits per heavy atom. The Labute approximate surface area is 177 Å². The summed E-state index contributed by atoms with van der Waals surface area (Å²) in [5, 5.41) is 1.03. The minimum absolute atomic E-state index is 0.168. The molecule has 0 aliphatic rings. The first-order valence-electron chi connectivity index (χ1n) is 8.58. The van der Waals surface area contributed by atoms with Gasteiger partial charge < -0.3 is 4.42 Å². The number of rotatable bonds is 3. The Balaban J connectivity index is 2.10. The summed E-state index contributed by atoms with van der Waals surface area (Å²) < 4.78 is 29.6. The number of hydrogen-bond acceptors (Lipinski definition) is 4. The van der Waals surface area contributed by atoms with E-state index in [-0.39, 0.29) is 21.6 Å². The van der Waals surface area contributed by atoms with Crippen molar-refractivity contribution in [2.24, 2.45) is 0 Å². The monoisotopic (exact) mass is 444 g/mol. The first-order valence-corrected chi connectivity index (χ1v) is 11.2. The van der Waals surface area contributed by atoms with Gasteiger partial charge in [-0.3, -0.25) is 4.79 Å². The Kier molecular flexibility index (Phi) is 4.99. The van der Waals surface area contributed by atoms with Gasteiger partial charge in [-0.1, -0.05) is 41.4 Å². The number of fused-ring (bicyclic) bond motifs is 1. The molecule has 0 spiro atoms. The van der Waals surface area contributed by atoms with Gasteiger partial charge in [0.25, 0.3) is 0 Å². The Morgan fingerprint density at radius 1 is 0.793 bits per heavy atom. The molecule has 0 amide bonds. The highest BCUT2D eigenvalue weighted by atomic mass is 35.5. The zero-order valence-electron chi connectivity index (χ0n) is 15.1. The van der Waals surface area contributed by atoms with Crippen LogP contribution in [-0.4, -0.2) is 14.7 Å². The third-order valence-corrected chi connectivity index (χ3v) is 6.31. The summed E-state index contributed by atoms with van der Waals surface area (Å²) in [6, 6.07) is 18.0. The second-order valence-electron chi connectivity index (χ2n) is 6.52. The molecule has 4 aromatic rings. The lowest BCUT2D eigenvalue weighted by Crippen LogP contribution is -2.08. The van der Waals surface area contributed by atoms with Crippen molar-refractivity contribution >= 4 is 44.0 Å². The summed E-state index contributed by atoms with van der Waals surface area (Å²) >= 11 is 12.8.